The van der Waals surface area contributed by atoms with Gasteiger partial charge in [0, 0.05) is 22.6 Å². The van der Waals surface area contributed by atoms with Crippen molar-refractivity contribution in [3.8, 4) is 5.69 Å². The molecule has 5 rings (SSSR count). The molecule has 5 heteroatoms. The third kappa shape index (κ3) is 2.56. The maximum absolute atomic E-state index is 12.8. The largest absolute Gasteiger partial charge is 0.318 e. The Balaban J connectivity index is 1.46. The van der Waals surface area contributed by atoms with Crippen LogP contribution in [0.15, 0.2) is 47.6 Å². The molecule has 1 saturated carbocycles. The summed E-state index contributed by atoms with van der Waals surface area (Å²) in [5.74, 6) is -0.289. The second-order valence-electron chi connectivity index (χ2n) is 8.38. The van der Waals surface area contributed by atoms with Crippen molar-refractivity contribution in [1.82, 2.24) is 9.58 Å². The van der Waals surface area contributed by atoms with Gasteiger partial charge in [-0.3, -0.25) is 9.59 Å². The van der Waals surface area contributed by atoms with Crippen LogP contribution in [0, 0.1) is 37.5 Å². The van der Waals surface area contributed by atoms with E-state index in [0.717, 1.165) is 40.5 Å². The zero-order chi connectivity index (χ0) is 20.3. The van der Waals surface area contributed by atoms with Gasteiger partial charge in [0.25, 0.3) is 11.8 Å². The molecular weight excluding hydrogens is 362 g/mol. The molecule has 2 fully saturated rings. The average molecular weight is 387 g/mol. The Morgan fingerprint density at radius 1 is 1.07 bits per heavy atom. The predicted molar refractivity (Wildman–Crippen MR) is 112 cm³/mol. The highest BCUT2D eigenvalue weighted by Crippen LogP contribution is 2.52. The van der Waals surface area contributed by atoms with Crippen molar-refractivity contribution in [2.24, 2.45) is 28.8 Å². The second-order valence-corrected chi connectivity index (χ2v) is 8.38. The van der Waals surface area contributed by atoms with E-state index >= 15 is 0 Å². The number of aryl methyl sites for hydroxylation is 2. The molecule has 0 spiro atoms. The first-order valence-electron chi connectivity index (χ1n) is 10.4. The molecule has 5 nitrogen and oxygen atoms in total. The van der Waals surface area contributed by atoms with E-state index in [9.17, 15) is 9.59 Å². The number of aromatic nitrogens is 1. The molecule has 2 amide bonds. The number of allylic oxidation sites excluding steroid dienone is 2. The fourth-order valence-corrected chi connectivity index (χ4v) is 5.44. The normalized spacial score (nSPS) is 27.6. The van der Waals surface area contributed by atoms with Crippen molar-refractivity contribution in [1.29, 1.82) is 0 Å². The summed E-state index contributed by atoms with van der Waals surface area (Å²) in [7, 11) is 0. The maximum Gasteiger partial charge on any atom is 0.254 e. The Labute approximate surface area is 170 Å². The summed E-state index contributed by atoms with van der Waals surface area (Å²) in [6.45, 7) is 6.27. The number of hydrogen-bond acceptors (Lipinski definition) is 3. The standard InChI is InChI=1S/C24H25N3O2/c1-4-16-7-5-6-8-20(16)26-14(2)11-19(15(26)3)13-25-27-23(28)21-17-9-10-18(12-17)22(21)24(27)29/h5-11,13,17-18,21-22H,4,12H2,1-3H3. The van der Waals surface area contributed by atoms with Crippen LogP contribution in [-0.2, 0) is 16.0 Å². The fourth-order valence-electron chi connectivity index (χ4n) is 5.44. The number of imide groups is 1. The first-order valence-corrected chi connectivity index (χ1v) is 10.4. The molecule has 1 aliphatic heterocycles. The maximum atomic E-state index is 12.8. The van der Waals surface area contributed by atoms with Crippen molar-refractivity contribution in [2.75, 3.05) is 0 Å². The van der Waals surface area contributed by atoms with Crippen LogP contribution >= 0.6 is 0 Å². The summed E-state index contributed by atoms with van der Waals surface area (Å²) in [5, 5.41) is 5.47. The Hall–Kier alpha value is -2.95. The first kappa shape index (κ1) is 18.1. The summed E-state index contributed by atoms with van der Waals surface area (Å²) < 4.78 is 2.21. The van der Waals surface area contributed by atoms with Gasteiger partial charge in [-0.2, -0.15) is 10.1 Å². The molecule has 1 aromatic heterocycles. The van der Waals surface area contributed by atoms with Crippen molar-refractivity contribution in [2.45, 2.75) is 33.6 Å². The van der Waals surface area contributed by atoms with Crippen molar-refractivity contribution in [3.63, 3.8) is 0 Å². The van der Waals surface area contributed by atoms with Gasteiger partial charge in [0.15, 0.2) is 0 Å². The molecule has 0 radical (unpaired) electrons. The second kappa shape index (κ2) is 6.55. The Kier molecular flexibility index (Phi) is 4.09. The van der Waals surface area contributed by atoms with Gasteiger partial charge >= 0.3 is 0 Å². The lowest BCUT2D eigenvalue weighted by atomic mass is 9.85. The molecule has 2 aliphatic carbocycles. The van der Waals surface area contributed by atoms with Crippen LogP contribution in [0.25, 0.3) is 5.69 Å². The predicted octanol–water partition coefficient (Wildman–Crippen LogP) is 3.80. The number of nitrogens with zero attached hydrogens (tertiary/aromatic N) is 3. The fraction of sp³-hybridized carbons (Fsp3) is 0.375. The summed E-state index contributed by atoms with van der Waals surface area (Å²) in [6.07, 6.45) is 7.75. The summed E-state index contributed by atoms with van der Waals surface area (Å²) in [4.78, 5) is 25.6. The van der Waals surface area contributed by atoms with Crippen LogP contribution < -0.4 is 0 Å². The molecular formula is C24H25N3O2. The van der Waals surface area contributed by atoms with Gasteiger partial charge in [-0.25, -0.2) is 0 Å². The van der Waals surface area contributed by atoms with Gasteiger partial charge in [0.05, 0.1) is 18.1 Å². The number of hydrogen-bond donors (Lipinski definition) is 0. The summed E-state index contributed by atoms with van der Waals surface area (Å²) >= 11 is 0. The van der Waals surface area contributed by atoms with E-state index in [-0.39, 0.29) is 35.5 Å². The molecule has 4 atom stereocenters. The van der Waals surface area contributed by atoms with Gasteiger partial charge in [0.2, 0.25) is 0 Å². The van der Waals surface area contributed by atoms with Crippen molar-refractivity contribution in [3.05, 3.63) is 65.0 Å². The lowest BCUT2D eigenvalue weighted by Crippen LogP contribution is -2.28. The van der Waals surface area contributed by atoms with Crippen LogP contribution in [0.1, 0.15) is 35.9 Å². The minimum atomic E-state index is -0.210. The number of benzene rings is 1. The molecule has 1 saturated heterocycles. The van der Waals surface area contributed by atoms with E-state index in [1.165, 1.54) is 5.56 Å². The van der Waals surface area contributed by atoms with Crippen LogP contribution in [0.3, 0.4) is 0 Å². The molecule has 2 bridgehead atoms. The minimum absolute atomic E-state index is 0.141. The monoisotopic (exact) mass is 387 g/mol. The average Bonchev–Trinajstić information content (AvgIpc) is 3.45. The van der Waals surface area contributed by atoms with Crippen molar-refractivity contribution < 1.29 is 9.59 Å². The molecule has 0 N–H and O–H groups in total. The zero-order valence-electron chi connectivity index (χ0n) is 17.0. The summed E-state index contributed by atoms with van der Waals surface area (Å²) in [5.41, 5.74) is 5.51. The topological polar surface area (TPSA) is 54.7 Å². The lowest BCUT2D eigenvalue weighted by Gasteiger charge is -2.14. The number of amides is 2. The number of carbonyl (C=O) groups excluding carboxylic acids is 2. The molecule has 148 valence electrons. The highest BCUT2D eigenvalue weighted by Gasteiger charge is 2.59. The minimum Gasteiger partial charge on any atom is -0.318 e. The smallest absolute Gasteiger partial charge is 0.254 e. The van der Waals surface area contributed by atoms with Crippen LogP contribution in [0.2, 0.25) is 0 Å². The van der Waals surface area contributed by atoms with Gasteiger partial charge in [0.1, 0.15) is 0 Å². The van der Waals surface area contributed by atoms with Gasteiger partial charge in [-0.15, -0.1) is 0 Å². The first-order chi connectivity index (χ1) is 14.0. The Morgan fingerprint density at radius 2 is 1.72 bits per heavy atom. The third-order valence-corrected chi connectivity index (χ3v) is 6.84. The summed E-state index contributed by atoms with van der Waals surface area (Å²) in [6, 6.07) is 10.4. The lowest BCUT2D eigenvalue weighted by molar-refractivity contribution is -0.140. The SMILES string of the molecule is CCc1ccccc1-n1c(C)cc(C=NN2C(=O)C3C4C=CC(C4)C3C2=O)c1C. The Morgan fingerprint density at radius 3 is 2.38 bits per heavy atom. The van der Waals surface area contributed by atoms with E-state index in [0.29, 0.717) is 0 Å². The highest BCUT2D eigenvalue weighted by atomic mass is 16.2. The zero-order valence-corrected chi connectivity index (χ0v) is 17.0. The molecule has 2 aromatic rings. The number of fused-ring (bicyclic) bond motifs is 5. The number of para-hydroxylation sites is 1. The molecule has 2 heterocycles. The molecule has 1 aromatic carbocycles. The highest BCUT2D eigenvalue weighted by molar-refractivity contribution is 6.06. The van der Waals surface area contributed by atoms with Gasteiger partial charge < -0.3 is 4.57 Å². The third-order valence-electron chi connectivity index (χ3n) is 6.84. The van der Waals surface area contributed by atoms with E-state index in [2.05, 4.69) is 59.9 Å². The number of hydrazone groups is 1. The van der Waals surface area contributed by atoms with E-state index in [1.54, 1.807) is 6.21 Å². The van der Waals surface area contributed by atoms with Crippen molar-refractivity contribution >= 4 is 18.0 Å². The van der Waals surface area contributed by atoms with Crippen LogP contribution in [-0.4, -0.2) is 27.6 Å². The van der Waals surface area contributed by atoms with Crippen LogP contribution in [0.5, 0.6) is 0 Å². The number of carbonyl (C=O) groups is 2. The number of rotatable bonds is 4. The van der Waals surface area contributed by atoms with E-state index in [1.807, 2.05) is 13.0 Å². The molecule has 29 heavy (non-hydrogen) atoms. The van der Waals surface area contributed by atoms with E-state index in [4.69, 9.17) is 0 Å². The van der Waals surface area contributed by atoms with Gasteiger partial charge in [-0.05, 0) is 56.2 Å². The molecule has 4 unspecified atom stereocenters. The molecule has 3 aliphatic rings. The Bertz CT molecular complexity index is 1050. The quantitative estimate of drug-likeness (QED) is 0.455. The van der Waals surface area contributed by atoms with E-state index < -0.39 is 0 Å². The van der Waals surface area contributed by atoms with Gasteiger partial charge in [-0.1, -0.05) is 37.3 Å². The van der Waals surface area contributed by atoms with Crippen LogP contribution in [0.4, 0.5) is 0 Å².